The van der Waals surface area contributed by atoms with Gasteiger partial charge in [0.15, 0.2) is 5.16 Å². The average molecular weight is 242 g/mol. The number of hydrogen-bond acceptors (Lipinski definition) is 4. The molecule has 1 unspecified atom stereocenters. The topological polar surface area (TPSA) is 64.4 Å². The molecule has 0 aliphatic carbocycles. The molecule has 0 radical (unpaired) electrons. The maximum absolute atomic E-state index is 10.5. The van der Waals surface area contributed by atoms with E-state index in [2.05, 4.69) is 11.9 Å². The van der Waals surface area contributed by atoms with Crippen LogP contribution in [0.25, 0.3) is 0 Å². The SMILES string of the molecule is CC1(n2ccnc2SCC(=O)O)CCOC1. The minimum Gasteiger partial charge on any atom is -0.481 e. The van der Waals surface area contributed by atoms with E-state index >= 15 is 0 Å². The Morgan fingerprint density at radius 3 is 3.25 bits per heavy atom. The van der Waals surface area contributed by atoms with E-state index < -0.39 is 5.97 Å². The van der Waals surface area contributed by atoms with Gasteiger partial charge in [-0.1, -0.05) is 11.8 Å². The zero-order valence-corrected chi connectivity index (χ0v) is 9.87. The largest absolute Gasteiger partial charge is 0.481 e. The molecule has 1 aliphatic rings. The van der Waals surface area contributed by atoms with Crippen molar-refractivity contribution in [2.75, 3.05) is 19.0 Å². The van der Waals surface area contributed by atoms with Crippen molar-refractivity contribution in [3.63, 3.8) is 0 Å². The van der Waals surface area contributed by atoms with Crippen LogP contribution < -0.4 is 0 Å². The highest BCUT2D eigenvalue weighted by atomic mass is 32.2. The highest BCUT2D eigenvalue weighted by Crippen LogP contribution is 2.31. The third-order valence-electron chi connectivity index (χ3n) is 2.71. The predicted molar refractivity (Wildman–Crippen MR) is 59.7 cm³/mol. The molecule has 1 saturated heterocycles. The number of aromatic nitrogens is 2. The Balaban J connectivity index is 2.15. The lowest BCUT2D eigenvalue weighted by Gasteiger charge is -2.25. The second kappa shape index (κ2) is 4.47. The van der Waals surface area contributed by atoms with Crippen LogP contribution in [0.1, 0.15) is 13.3 Å². The van der Waals surface area contributed by atoms with Gasteiger partial charge in [-0.3, -0.25) is 4.79 Å². The fourth-order valence-electron chi connectivity index (χ4n) is 1.78. The number of nitrogens with zero attached hydrogens (tertiary/aromatic N) is 2. The van der Waals surface area contributed by atoms with Gasteiger partial charge in [0.1, 0.15) is 0 Å². The van der Waals surface area contributed by atoms with Crippen molar-refractivity contribution in [3.8, 4) is 0 Å². The molecule has 1 aromatic heterocycles. The van der Waals surface area contributed by atoms with Gasteiger partial charge in [0, 0.05) is 19.0 Å². The molecule has 16 heavy (non-hydrogen) atoms. The van der Waals surface area contributed by atoms with Crippen molar-refractivity contribution < 1.29 is 14.6 Å². The molecule has 0 spiro atoms. The van der Waals surface area contributed by atoms with Crippen LogP contribution in [0, 0.1) is 0 Å². The summed E-state index contributed by atoms with van der Waals surface area (Å²) in [5.74, 6) is -0.791. The van der Waals surface area contributed by atoms with Gasteiger partial charge in [0.2, 0.25) is 0 Å². The van der Waals surface area contributed by atoms with Gasteiger partial charge in [0.25, 0.3) is 0 Å². The van der Waals surface area contributed by atoms with E-state index in [9.17, 15) is 4.79 Å². The number of thioether (sulfide) groups is 1. The van der Waals surface area contributed by atoms with Crippen LogP contribution in [0.4, 0.5) is 0 Å². The normalized spacial score (nSPS) is 24.8. The summed E-state index contributed by atoms with van der Waals surface area (Å²) in [4.78, 5) is 14.7. The molecule has 88 valence electrons. The van der Waals surface area contributed by atoms with Crippen molar-refractivity contribution in [2.45, 2.75) is 24.0 Å². The summed E-state index contributed by atoms with van der Waals surface area (Å²) in [6, 6.07) is 0. The number of carboxylic acids is 1. The second-order valence-corrected chi connectivity index (χ2v) is 5.00. The van der Waals surface area contributed by atoms with Crippen LogP contribution in [0.5, 0.6) is 0 Å². The van der Waals surface area contributed by atoms with Crippen LogP contribution in [0.2, 0.25) is 0 Å². The Hall–Kier alpha value is -1.01. The van der Waals surface area contributed by atoms with E-state index in [4.69, 9.17) is 9.84 Å². The summed E-state index contributed by atoms with van der Waals surface area (Å²) >= 11 is 1.24. The van der Waals surface area contributed by atoms with Crippen LogP contribution in [-0.2, 0) is 15.1 Å². The lowest BCUT2D eigenvalue weighted by molar-refractivity contribution is -0.133. The monoisotopic (exact) mass is 242 g/mol. The van der Waals surface area contributed by atoms with Crippen LogP contribution in [0.3, 0.4) is 0 Å². The molecule has 1 atom stereocenters. The second-order valence-electron chi connectivity index (χ2n) is 4.06. The summed E-state index contributed by atoms with van der Waals surface area (Å²) in [6.45, 7) is 3.51. The fourth-order valence-corrected chi connectivity index (χ4v) is 2.59. The van der Waals surface area contributed by atoms with E-state index in [0.717, 1.165) is 18.2 Å². The van der Waals surface area contributed by atoms with E-state index in [1.54, 1.807) is 6.20 Å². The molecule has 0 amide bonds. The first kappa shape index (κ1) is 11.5. The zero-order valence-electron chi connectivity index (χ0n) is 9.05. The molecule has 0 aromatic carbocycles. The first-order valence-corrected chi connectivity index (χ1v) is 6.06. The van der Waals surface area contributed by atoms with E-state index in [1.165, 1.54) is 11.8 Å². The van der Waals surface area contributed by atoms with Gasteiger partial charge < -0.3 is 14.4 Å². The first-order valence-electron chi connectivity index (χ1n) is 5.08. The Morgan fingerprint density at radius 1 is 1.81 bits per heavy atom. The van der Waals surface area contributed by atoms with Crippen molar-refractivity contribution >= 4 is 17.7 Å². The minimum atomic E-state index is -0.827. The van der Waals surface area contributed by atoms with Gasteiger partial charge in [-0.05, 0) is 13.3 Å². The summed E-state index contributed by atoms with van der Waals surface area (Å²) < 4.78 is 7.41. The molecule has 2 rings (SSSR count). The maximum atomic E-state index is 10.5. The quantitative estimate of drug-likeness (QED) is 0.804. The molecular formula is C10H14N2O3S. The molecule has 1 fully saturated rings. The highest BCUT2D eigenvalue weighted by Gasteiger charge is 2.33. The smallest absolute Gasteiger partial charge is 0.313 e. The molecule has 5 nitrogen and oxygen atoms in total. The summed E-state index contributed by atoms with van der Waals surface area (Å²) in [6.07, 6.45) is 4.52. The summed E-state index contributed by atoms with van der Waals surface area (Å²) in [7, 11) is 0. The van der Waals surface area contributed by atoms with Crippen LogP contribution in [0.15, 0.2) is 17.6 Å². The van der Waals surface area contributed by atoms with E-state index in [1.807, 2.05) is 10.8 Å². The number of aliphatic carboxylic acids is 1. The summed E-state index contributed by atoms with van der Waals surface area (Å²) in [5.41, 5.74) is -0.0860. The molecule has 1 aromatic rings. The first-order chi connectivity index (χ1) is 7.62. The van der Waals surface area contributed by atoms with Gasteiger partial charge >= 0.3 is 5.97 Å². The van der Waals surface area contributed by atoms with Gasteiger partial charge in [-0.25, -0.2) is 4.98 Å². The number of hydrogen-bond donors (Lipinski definition) is 1. The van der Waals surface area contributed by atoms with Crippen molar-refractivity contribution in [2.24, 2.45) is 0 Å². The number of imidazole rings is 1. The molecular weight excluding hydrogens is 228 g/mol. The van der Waals surface area contributed by atoms with Crippen LogP contribution >= 0.6 is 11.8 Å². The number of carbonyl (C=O) groups is 1. The fraction of sp³-hybridized carbons (Fsp3) is 0.600. The standard InChI is InChI=1S/C10H14N2O3S/c1-10(2-5-15-7-10)12-4-3-11-9(12)16-6-8(13)14/h3-4H,2,5-7H2,1H3,(H,13,14). The minimum absolute atomic E-state index is 0.0357. The Kier molecular flexibility index (Phi) is 3.20. The van der Waals surface area contributed by atoms with Crippen LogP contribution in [-0.4, -0.2) is 39.6 Å². The zero-order chi connectivity index (χ0) is 11.6. The number of carboxylic acid groups (broad SMARTS) is 1. The van der Waals surface area contributed by atoms with Gasteiger partial charge in [0.05, 0.1) is 17.9 Å². The Morgan fingerprint density at radius 2 is 2.62 bits per heavy atom. The highest BCUT2D eigenvalue weighted by molar-refractivity contribution is 7.99. The average Bonchev–Trinajstić information content (AvgIpc) is 2.83. The van der Waals surface area contributed by atoms with Crippen molar-refractivity contribution in [1.29, 1.82) is 0 Å². The molecule has 0 saturated carbocycles. The van der Waals surface area contributed by atoms with E-state index in [-0.39, 0.29) is 11.3 Å². The van der Waals surface area contributed by atoms with Crippen molar-refractivity contribution in [1.82, 2.24) is 9.55 Å². The van der Waals surface area contributed by atoms with Gasteiger partial charge in [-0.15, -0.1) is 0 Å². The molecule has 1 aliphatic heterocycles. The Bertz CT molecular complexity index is 385. The maximum Gasteiger partial charge on any atom is 0.313 e. The summed E-state index contributed by atoms with van der Waals surface area (Å²) in [5, 5.41) is 9.40. The third-order valence-corrected chi connectivity index (χ3v) is 3.66. The Labute approximate surface area is 97.8 Å². The molecule has 0 bridgehead atoms. The predicted octanol–water partition coefficient (Wildman–Crippen LogP) is 1.20. The molecule has 6 heteroatoms. The molecule has 1 N–H and O–H groups in total. The third kappa shape index (κ3) is 2.22. The van der Waals surface area contributed by atoms with Crippen molar-refractivity contribution in [3.05, 3.63) is 12.4 Å². The number of ether oxygens (including phenoxy) is 1. The van der Waals surface area contributed by atoms with E-state index in [0.29, 0.717) is 6.61 Å². The lowest BCUT2D eigenvalue weighted by atomic mass is 10.0. The van der Waals surface area contributed by atoms with Gasteiger partial charge in [-0.2, -0.15) is 0 Å². The molecule has 2 heterocycles. The number of rotatable bonds is 4. The lowest BCUT2D eigenvalue weighted by Crippen LogP contribution is -2.30.